The summed E-state index contributed by atoms with van der Waals surface area (Å²) in [4.78, 5) is 16.9. The minimum Gasteiger partial charge on any atom is -0.486 e. The van der Waals surface area contributed by atoms with Gasteiger partial charge in [-0.1, -0.05) is 12.1 Å². The van der Waals surface area contributed by atoms with Crippen LogP contribution in [0.4, 0.5) is 0 Å². The molecule has 0 unspecified atom stereocenters. The summed E-state index contributed by atoms with van der Waals surface area (Å²) in [6.45, 7) is 1.24. The second kappa shape index (κ2) is 7.11. The van der Waals surface area contributed by atoms with Gasteiger partial charge in [0.15, 0.2) is 11.5 Å². The van der Waals surface area contributed by atoms with E-state index >= 15 is 0 Å². The van der Waals surface area contributed by atoms with E-state index in [1.807, 2.05) is 18.2 Å². The third kappa shape index (κ3) is 3.43. The van der Waals surface area contributed by atoms with Crippen LogP contribution in [0, 0.1) is 0 Å². The molecule has 1 aromatic carbocycles. The standard InChI is InChI=1S/C17H18N2O4/c1-21-11-14(13-6-2-3-8-18-13)19-17(20)12-5-4-7-15-16(12)23-10-9-22-15/h2-8,14H,9-11H2,1H3,(H,19,20)/t14-/m0/s1. The third-order valence-electron chi connectivity index (χ3n) is 3.49. The van der Waals surface area contributed by atoms with E-state index in [1.54, 1.807) is 31.5 Å². The van der Waals surface area contributed by atoms with Crippen LogP contribution in [0.2, 0.25) is 0 Å². The number of amides is 1. The summed E-state index contributed by atoms with van der Waals surface area (Å²) in [5, 5.41) is 2.94. The molecule has 0 aliphatic carbocycles. The molecule has 120 valence electrons. The summed E-state index contributed by atoms with van der Waals surface area (Å²) >= 11 is 0. The summed E-state index contributed by atoms with van der Waals surface area (Å²) in [5.74, 6) is 0.818. The number of para-hydroxylation sites is 1. The summed E-state index contributed by atoms with van der Waals surface area (Å²) in [6, 6.07) is 10.5. The molecule has 2 heterocycles. The molecule has 0 radical (unpaired) electrons. The van der Waals surface area contributed by atoms with Crippen molar-refractivity contribution in [2.45, 2.75) is 6.04 Å². The van der Waals surface area contributed by atoms with Gasteiger partial charge in [-0.25, -0.2) is 0 Å². The molecule has 23 heavy (non-hydrogen) atoms. The number of nitrogens with zero attached hydrogens (tertiary/aromatic N) is 1. The van der Waals surface area contributed by atoms with E-state index in [9.17, 15) is 4.79 Å². The highest BCUT2D eigenvalue weighted by Crippen LogP contribution is 2.33. The normalized spacial score (nSPS) is 14.1. The summed E-state index contributed by atoms with van der Waals surface area (Å²) < 4.78 is 16.3. The van der Waals surface area contributed by atoms with E-state index in [4.69, 9.17) is 14.2 Å². The number of rotatable bonds is 5. The van der Waals surface area contributed by atoms with Crippen LogP contribution in [-0.4, -0.2) is 37.8 Å². The van der Waals surface area contributed by atoms with Gasteiger partial charge in [0.05, 0.1) is 23.9 Å². The average molecular weight is 314 g/mol. The van der Waals surface area contributed by atoms with Gasteiger partial charge in [0, 0.05) is 13.3 Å². The van der Waals surface area contributed by atoms with Crippen molar-refractivity contribution in [2.24, 2.45) is 0 Å². The number of hydrogen-bond acceptors (Lipinski definition) is 5. The van der Waals surface area contributed by atoms with Gasteiger partial charge in [-0.15, -0.1) is 0 Å². The predicted octanol–water partition coefficient (Wildman–Crippen LogP) is 1.97. The van der Waals surface area contributed by atoms with Crippen molar-refractivity contribution < 1.29 is 19.0 Å². The Hall–Kier alpha value is -2.60. The number of hydrogen-bond donors (Lipinski definition) is 1. The number of carbonyl (C=O) groups is 1. The van der Waals surface area contributed by atoms with E-state index < -0.39 is 0 Å². The highest BCUT2D eigenvalue weighted by Gasteiger charge is 2.23. The zero-order valence-corrected chi connectivity index (χ0v) is 12.8. The van der Waals surface area contributed by atoms with Gasteiger partial charge in [0.2, 0.25) is 0 Å². The van der Waals surface area contributed by atoms with Crippen molar-refractivity contribution in [1.82, 2.24) is 10.3 Å². The molecule has 0 spiro atoms. The van der Waals surface area contributed by atoms with Gasteiger partial charge in [-0.05, 0) is 24.3 Å². The van der Waals surface area contributed by atoms with Crippen LogP contribution in [-0.2, 0) is 4.74 Å². The van der Waals surface area contributed by atoms with Gasteiger partial charge in [0.25, 0.3) is 5.91 Å². The van der Waals surface area contributed by atoms with E-state index in [0.29, 0.717) is 36.9 Å². The molecule has 1 amide bonds. The summed E-state index contributed by atoms with van der Waals surface area (Å²) in [6.07, 6.45) is 1.69. The minimum atomic E-state index is -0.339. The molecule has 1 aliphatic heterocycles. The Morgan fingerprint density at radius 3 is 2.91 bits per heavy atom. The first-order valence-corrected chi connectivity index (χ1v) is 7.39. The molecule has 0 saturated heterocycles. The lowest BCUT2D eigenvalue weighted by molar-refractivity contribution is 0.0884. The number of pyridine rings is 1. The molecular formula is C17H18N2O4. The van der Waals surface area contributed by atoms with Crippen LogP contribution in [0.25, 0.3) is 0 Å². The monoisotopic (exact) mass is 314 g/mol. The second-order valence-electron chi connectivity index (χ2n) is 5.07. The summed E-state index contributed by atoms with van der Waals surface area (Å²) in [5.41, 5.74) is 1.18. The molecule has 1 aromatic heterocycles. The van der Waals surface area contributed by atoms with Crippen molar-refractivity contribution in [3.63, 3.8) is 0 Å². The number of carbonyl (C=O) groups excluding carboxylic acids is 1. The maximum absolute atomic E-state index is 12.6. The van der Waals surface area contributed by atoms with Crippen LogP contribution in [0.15, 0.2) is 42.6 Å². The number of methoxy groups -OCH3 is 1. The van der Waals surface area contributed by atoms with Crippen molar-refractivity contribution in [3.8, 4) is 11.5 Å². The van der Waals surface area contributed by atoms with Crippen LogP contribution in [0.3, 0.4) is 0 Å². The fourth-order valence-corrected chi connectivity index (χ4v) is 2.44. The first-order valence-electron chi connectivity index (χ1n) is 7.39. The molecule has 1 aliphatic rings. The quantitative estimate of drug-likeness (QED) is 0.914. The van der Waals surface area contributed by atoms with E-state index in [1.165, 1.54) is 0 Å². The molecule has 6 nitrogen and oxygen atoms in total. The van der Waals surface area contributed by atoms with Crippen LogP contribution in [0.1, 0.15) is 22.1 Å². The van der Waals surface area contributed by atoms with E-state index in [2.05, 4.69) is 10.3 Å². The molecule has 3 rings (SSSR count). The fourth-order valence-electron chi connectivity index (χ4n) is 2.44. The number of ether oxygens (including phenoxy) is 3. The Labute approximate surface area is 134 Å². The Bertz CT molecular complexity index is 676. The molecule has 1 atom stereocenters. The zero-order valence-electron chi connectivity index (χ0n) is 12.8. The van der Waals surface area contributed by atoms with Crippen LogP contribution >= 0.6 is 0 Å². The number of fused-ring (bicyclic) bond motifs is 1. The lowest BCUT2D eigenvalue weighted by Crippen LogP contribution is -2.32. The highest BCUT2D eigenvalue weighted by molar-refractivity contribution is 5.98. The fraction of sp³-hybridized carbons (Fsp3) is 0.294. The lowest BCUT2D eigenvalue weighted by atomic mass is 10.1. The molecule has 1 N–H and O–H groups in total. The van der Waals surface area contributed by atoms with Crippen molar-refractivity contribution in [2.75, 3.05) is 26.9 Å². The average Bonchev–Trinajstić information content (AvgIpc) is 2.61. The van der Waals surface area contributed by atoms with Crippen LogP contribution in [0.5, 0.6) is 11.5 Å². The molecule has 0 saturated carbocycles. The first-order chi connectivity index (χ1) is 11.3. The maximum atomic E-state index is 12.6. The Morgan fingerprint density at radius 2 is 2.13 bits per heavy atom. The largest absolute Gasteiger partial charge is 0.486 e. The topological polar surface area (TPSA) is 69.7 Å². The zero-order chi connectivity index (χ0) is 16.1. The first kappa shape index (κ1) is 15.3. The van der Waals surface area contributed by atoms with Gasteiger partial charge >= 0.3 is 0 Å². The molecule has 0 fully saturated rings. The molecule has 0 bridgehead atoms. The number of aromatic nitrogens is 1. The molecule has 2 aromatic rings. The second-order valence-corrected chi connectivity index (χ2v) is 5.07. The number of nitrogens with one attached hydrogen (secondary N) is 1. The smallest absolute Gasteiger partial charge is 0.255 e. The van der Waals surface area contributed by atoms with Crippen molar-refractivity contribution in [1.29, 1.82) is 0 Å². The predicted molar refractivity (Wildman–Crippen MR) is 83.8 cm³/mol. The van der Waals surface area contributed by atoms with Gasteiger partial charge in [0.1, 0.15) is 13.2 Å². The van der Waals surface area contributed by atoms with Crippen LogP contribution < -0.4 is 14.8 Å². The SMILES string of the molecule is COC[C@H](NC(=O)c1cccc2c1OCCO2)c1ccccn1. The minimum absolute atomic E-state index is 0.250. The Balaban J connectivity index is 1.82. The lowest BCUT2D eigenvalue weighted by Gasteiger charge is -2.22. The Kier molecular flexibility index (Phi) is 4.73. The highest BCUT2D eigenvalue weighted by atomic mass is 16.6. The molecular weight excluding hydrogens is 296 g/mol. The van der Waals surface area contributed by atoms with Crippen molar-refractivity contribution >= 4 is 5.91 Å². The molecule has 6 heteroatoms. The maximum Gasteiger partial charge on any atom is 0.255 e. The number of benzene rings is 1. The van der Waals surface area contributed by atoms with Gasteiger partial charge in [-0.3, -0.25) is 9.78 Å². The summed E-state index contributed by atoms with van der Waals surface area (Å²) in [7, 11) is 1.59. The van der Waals surface area contributed by atoms with E-state index in [-0.39, 0.29) is 11.9 Å². The third-order valence-corrected chi connectivity index (χ3v) is 3.49. The van der Waals surface area contributed by atoms with Gasteiger partial charge < -0.3 is 19.5 Å². The van der Waals surface area contributed by atoms with Gasteiger partial charge in [-0.2, -0.15) is 0 Å². The Morgan fingerprint density at radius 1 is 1.26 bits per heavy atom. The van der Waals surface area contributed by atoms with Crippen molar-refractivity contribution in [3.05, 3.63) is 53.9 Å². The van der Waals surface area contributed by atoms with E-state index in [0.717, 1.165) is 5.69 Å².